The molecule has 14 heteroatoms. The molecule has 6 aromatic carbocycles. The van der Waals surface area contributed by atoms with E-state index in [0.29, 0.717) is 39.5 Å². The molecule has 1 atom stereocenters. The predicted molar refractivity (Wildman–Crippen MR) is 355 cm³/mol. The zero-order valence-corrected chi connectivity index (χ0v) is 49.9. The van der Waals surface area contributed by atoms with Crippen molar-refractivity contribution in [1.29, 1.82) is 0 Å². The molecule has 3 aliphatic carbocycles. The summed E-state index contributed by atoms with van der Waals surface area (Å²) in [6.07, 6.45) is 15.9. The highest BCUT2D eigenvalue weighted by atomic mass is 16.2. The smallest absolute Gasteiger partial charge is 0.172 e. The van der Waals surface area contributed by atoms with Crippen LogP contribution >= 0.6 is 0 Å². The van der Waals surface area contributed by atoms with Crippen molar-refractivity contribution in [2.45, 2.75) is 64.1 Å². The van der Waals surface area contributed by atoms with Gasteiger partial charge < -0.3 is 38.9 Å². The summed E-state index contributed by atoms with van der Waals surface area (Å²) in [7, 11) is 6.35. The van der Waals surface area contributed by atoms with E-state index in [2.05, 4.69) is 90.6 Å². The molecule has 1 unspecified atom stereocenters. The minimum Gasteiger partial charge on any atom is -0.361 e. The minimum atomic E-state index is -0.116. The van der Waals surface area contributed by atoms with Crippen LogP contribution in [0.4, 0.5) is 0 Å². The van der Waals surface area contributed by atoms with E-state index in [-0.39, 0.29) is 54.0 Å². The van der Waals surface area contributed by atoms with Gasteiger partial charge in [-0.2, -0.15) is 0 Å². The monoisotopic (exact) mass is 1170 g/mol. The third kappa shape index (κ3) is 10.2. The zero-order valence-electron chi connectivity index (χ0n) is 49.9. The van der Waals surface area contributed by atoms with Crippen LogP contribution in [0, 0.1) is 0 Å². The molecular weight excluding hydrogens is 1110 g/mol. The molecule has 1 aliphatic heterocycles. The third-order valence-electron chi connectivity index (χ3n) is 18.3. The van der Waals surface area contributed by atoms with Gasteiger partial charge in [-0.15, -0.1) is 0 Å². The number of likely N-dealkylation sites (tertiary alicyclic amines) is 1. The van der Waals surface area contributed by atoms with E-state index in [4.69, 9.17) is 0 Å². The number of para-hydroxylation sites is 6. The lowest BCUT2D eigenvalue weighted by molar-refractivity contribution is -0.121. The maximum atomic E-state index is 13.2. The summed E-state index contributed by atoms with van der Waals surface area (Å²) in [6.45, 7) is 3.91. The molecule has 1 fully saturated rings. The summed E-state index contributed by atoms with van der Waals surface area (Å²) in [6, 6.07) is 48.4. The average molecular weight is 1180 g/mol. The first-order chi connectivity index (χ1) is 43.4. The number of hydrogen-bond acceptors (Lipinski definition) is 8. The number of carbonyl (C=O) groups is 6. The molecule has 12 aromatic rings. The Labute approximate surface area is 513 Å². The molecule has 4 aliphatic rings. The maximum absolute atomic E-state index is 13.2. The summed E-state index contributed by atoms with van der Waals surface area (Å²) in [5.41, 5.74) is 14.3. The lowest BCUT2D eigenvalue weighted by atomic mass is 9.95. The number of aryl methyl sites for hydroxylation is 2. The van der Waals surface area contributed by atoms with Gasteiger partial charge in [0.05, 0.1) is 19.3 Å². The maximum Gasteiger partial charge on any atom is 0.172 e. The molecular formula is C75H66N8O6. The van der Waals surface area contributed by atoms with Crippen molar-refractivity contribution in [3.63, 3.8) is 0 Å². The number of fused-ring (bicyclic) bond motifs is 6. The Kier molecular flexibility index (Phi) is 14.9. The minimum absolute atomic E-state index is 0.0590. The fraction of sp³-hybridized carbons (Fsp3) is 0.200. The highest BCUT2D eigenvalue weighted by Crippen LogP contribution is 2.44. The Morgan fingerprint density at radius 2 is 0.719 bits per heavy atom. The van der Waals surface area contributed by atoms with Crippen molar-refractivity contribution in [2.75, 3.05) is 34.2 Å². The summed E-state index contributed by atoms with van der Waals surface area (Å²) in [4.78, 5) is 95.2. The molecule has 0 spiro atoms. The van der Waals surface area contributed by atoms with Crippen LogP contribution in [0.3, 0.4) is 0 Å². The first kappa shape index (κ1) is 56.5. The summed E-state index contributed by atoms with van der Waals surface area (Å²) >= 11 is 0. The van der Waals surface area contributed by atoms with Crippen LogP contribution in [0.5, 0.6) is 0 Å². The fourth-order valence-electron chi connectivity index (χ4n) is 14.1. The van der Waals surface area contributed by atoms with Gasteiger partial charge in [-0.05, 0) is 96.3 Å². The number of rotatable bonds is 13. The van der Waals surface area contributed by atoms with Gasteiger partial charge in [0.2, 0.25) is 0 Å². The summed E-state index contributed by atoms with van der Waals surface area (Å²) in [5, 5.41) is 5.90. The number of allylic oxidation sites excluding steroid dienone is 6. The normalized spacial score (nSPS) is 16.6. The van der Waals surface area contributed by atoms with Gasteiger partial charge in [-0.1, -0.05) is 109 Å². The van der Waals surface area contributed by atoms with Gasteiger partial charge in [-0.25, -0.2) is 0 Å². The number of ketones is 6. The highest BCUT2D eigenvalue weighted by molar-refractivity contribution is 6.54. The van der Waals surface area contributed by atoms with Crippen molar-refractivity contribution >= 4 is 134 Å². The van der Waals surface area contributed by atoms with Crippen molar-refractivity contribution in [1.82, 2.24) is 38.9 Å². The second-order valence-corrected chi connectivity index (χ2v) is 24.0. The van der Waals surface area contributed by atoms with E-state index in [1.807, 2.05) is 152 Å². The number of aromatic amines is 4. The Hall–Kier alpha value is -10.3. The van der Waals surface area contributed by atoms with Gasteiger partial charge in [0.15, 0.2) is 34.7 Å². The average Bonchev–Trinajstić information content (AvgIpc) is 1.80. The fourth-order valence-corrected chi connectivity index (χ4v) is 14.1. The van der Waals surface area contributed by atoms with Crippen LogP contribution < -0.4 is 0 Å². The van der Waals surface area contributed by atoms with E-state index < -0.39 is 0 Å². The molecule has 7 heterocycles. The molecule has 442 valence electrons. The number of carbonyl (C=O) groups excluding carboxylic acids is 6. The van der Waals surface area contributed by atoms with E-state index in [9.17, 15) is 28.8 Å². The molecule has 6 aromatic heterocycles. The second kappa shape index (κ2) is 23.4. The van der Waals surface area contributed by atoms with Crippen molar-refractivity contribution in [3.8, 4) is 0 Å². The zero-order chi connectivity index (χ0) is 61.0. The van der Waals surface area contributed by atoms with Crippen molar-refractivity contribution in [2.24, 2.45) is 0 Å². The van der Waals surface area contributed by atoms with E-state index in [0.717, 1.165) is 131 Å². The first-order valence-electron chi connectivity index (χ1n) is 30.6. The predicted octanol–water partition coefficient (Wildman–Crippen LogP) is 13.7. The van der Waals surface area contributed by atoms with E-state index in [1.165, 1.54) is 19.4 Å². The molecule has 1 saturated heterocycles. The lowest BCUT2D eigenvalue weighted by Crippen LogP contribution is -2.25. The SMILES string of the molecule is CN(C)CCCn1cc(C2=C(c3c[nH]c4ccccc34)C(=O)CC2=O)c2ccccc21.CN1CCCC1CCn1cc(C2=C(c3c[nH]c4ccccc34)C(=O)CC2=O)c2ccccc21.O=C1CC(=O)C(c2c[nH]c3ccccc23)=C1c1c[nH]c2ccccc12. The second-order valence-electron chi connectivity index (χ2n) is 24.0. The number of benzene rings is 6. The molecule has 89 heavy (non-hydrogen) atoms. The number of H-pyrrole nitrogens is 4. The van der Waals surface area contributed by atoms with Gasteiger partial charge in [0.25, 0.3) is 0 Å². The quantitative estimate of drug-likeness (QED) is 0.0823. The molecule has 16 rings (SSSR count). The van der Waals surface area contributed by atoms with Crippen molar-refractivity contribution in [3.05, 3.63) is 216 Å². The standard InChI is InChI=1S/C28H27N3O2.C26H25N3O2.C21H14N2O2/c1-30-13-6-7-18(30)12-14-31-17-22(20-9-3-5-11-24(20)31)28-26(33)15-25(32)27(28)21-16-29-23-10-4-2-8-19(21)23;1-28(2)12-7-13-29-16-20(18-9-4-6-11-22(18)29)26-24(31)14-23(30)25(26)19-15-27-21-10-5-3-8-17(19)21;24-18-9-19(25)21(15-11-23-17-8-4-2-6-13(15)17)20(18)14-10-22-16-7-3-1-5-12(14)16/h2-5,8-11,16-18,29H,6-7,12-15H2,1H3;3-6,8-11,15-16,27H,7,12-14H2,1-2H3;1-8,10-11,22-23H,9H2. The number of nitrogens with zero attached hydrogens (tertiary/aromatic N) is 4. The Balaban J connectivity index is 0.000000118. The van der Waals surface area contributed by atoms with E-state index >= 15 is 0 Å². The number of Topliss-reactive ketones (excluding diaryl/α,β-unsaturated/α-hetero) is 6. The van der Waals surface area contributed by atoms with Crippen LogP contribution in [0.1, 0.15) is 78.3 Å². The highest BCUT2D eigenvalue weighted by Gasteiger charge is 2.38. The molecule has 0 bridgehead atoms. The number of aromatic nitrogens is 6. The Morgan fingerprint density at radius 3 is 1.06 bits per heavy atom. The molecule has 14 nitrogen and oxygen atoms in total. The van der Waals surface area contributed by atoms with Gasteiger partial charge >= 0.3 is 0 Å². The van der Waals surface area contributed by atoms with Crippen LogP contribution in [0.2, 0.25) is 0 Å². The van der Waals surface area contributed by atoms with Crippen LogP contribution in [-0.4, -0.2) is 114 Å². The molecule has 0 amide bonds. The molecule has 4 N–H and O–H groups in total. The Morgan fingerprint density at radius 1 is 0.404 bits per heavy atom. The number of nitrogens with one attached hydrogen (secondary N) is 4. The number of hydrogen-bond donors (Lipinski definition) is 4. The summed E-state index contributed by atoms with van der Waals surface area (Å²) in [5.74, 6) is -0.608. The van der Waals surface area contributed by atoms with Crippen LogP contribution in [-0.2, 0) is 41.9 Å². The largest absolute Gasteiger partial charge is 0.361 e. The van der Waals surface area contributed by atoms with Gasteiger partial charge in [-0.3, -0.25) is 28.8 Å². The lowest BCUT2D eigenvalue weighted by Gasteiger charge is -2.19. The Bertz CT molecular complexity index is 4890. The van der Waals surface area contributed by atoms with Gasteiger partial charge in [0.1, 0.15) is 0 Å². The van der Waals surface area contributed by atoms with Crippen molar-refractivity contribution < 1.29 is 28.8 Å². The summed E-state index contributed by atoms with van der Waals surface area (Å²) < 4.78 is 4.48. The topological polar surface area (TPSA) is 182 Å². The van der Waals surface area contributed by atoms with Crippen LogP contribution in [0.25, 0.3) is 98.9 Å². The molecule has 0 saturated carbocycles. The first-order valence-corrected chi connectivity index (χ1v) is 30.6. The molecule has 0 radical (unpaired) electrons. The third-order valence-corrected chi connectivity index (χ3v) is 18.3. The van der Waals surface area contributed by atoms with E-state index in [1.54, 1.807) is 0 Å². The van der Waals surface area contributed by atoms with Gasteiger partial charge in [0, 0.05) is 189 Å². The van der Waals surface area contributed by atoms with Crippen LogP contribution in [0.15, 0.2) is 183 Å².